The molecule has 10 heteroatoms. The number of alkyl halides is 3. The number of H-pyrrole nitrogens is 1. The van der Waals surface area contributed by atoms with Gasteiger partial charge in [-0.05, 0) is 19.1 Å². The Morgan fingerprint density at radius 3 is 2.67 bits per heavy atom. The molecule has 0 aliphatic carbocycles. The molecular formula is C11H10F3N5O2. The van der Waals surface area contributed by atoms with Gasteiger partial charge in [-0.15, -0.1) is 0 Å². The molecule has 0 saturated carbocycles. The zero-order valence-electron chi connectivity index (χ0n) is 10.7. The van der Waals surface area contributed by atoms with Crippen LogP contribution in [0.15, 0.2) is 24.5 Å². The second kappa shape index (κ2) is 5.38. The van der Waals surface area contributed by atoms with Gasteiger partial charge in [-0.3, -0.25) is 15.2 Å². The molecular weight excluding hydrogens is 291 g/mol. The van der Waals surface area contributed by atoms with Crippen molar-refractivity contribution in [2.24, 2.45) is 0 Å². The summed E-state index contributed by atoms with van der Waals surface area (Å²) in [6.45, 7) is 1.66. The van der Waals surface area contributed by atoms with E-state index < -0.39 is 28.4 Å². The molecule has 0 fully saturated rings. The molecule has 1 aromatic carbocycles. The van der Waals surface area contributed by atoms with Crippen LogP contribution >= 0.6 is 0 Å². The zero-order chi connectivity index (χ0) is 15.6. The third-order valence-electron chi connectivity index (χ3n) is 2.73. The van der Waals surface area contributed by atoms with Crippen molar-refractivity contribution in [3.05, 3.63) is 46.0 Å². The van der Waals surface area contributed by atoms with E-state index in [0.717, 1.165) is 6.07 Å². The summed E-state index contributed by atoms with van der Waals surface area (Å²) in [6.07, 6.45) is -3.54. The first kappa shape index (κ1) is 14.8. The summed E-state index contributed by atoms with van der Waals surface area (Å²) in [5, 5.41) is 19.6. The standard InChI is InChI=1S/C11H10F3N5O2/c1-6(10-15-5-16-18-10)17-7-2-3-9(19(20)21)8(4-7)11(12,13)14/h2-6,17H,1H3,(H,15,16,18). The fourth-order valence-electron chi connectivity index (χ4n) is 1.75. The van der Waals surface area contributed by atoms with E-state index in [0.29, 0.717) is 11.9 Å². The molecule has 1 atom stereocenters. The fraction of sp³-hybridized carbons (Fsp3) is 0.273. The fourth-order valence-corrected chi connectivity index (χ4v) is 1.75. The molecule has 0 spiro atoms. The van der Waals surface area contributed by atoms with Gasteiger partial charge in [0.05, 0.1) is 11.0 Å². The lowest BCUT2D eigenvalue weighted by atomic mass is 10.1. The highest BCUT2D eigenvalue weighted by Crippen LogP contribution is 2.37. The lowest BCUT2D eigenvalue weighted by Gasteiger charge is -2.14. The molecule has 2 aromatic rings. The summed E-state index contributed by atoms with van der Waals surface area (Å²) >= 11 is 0. The van der Waals surface area contributed by atoms with Crippen molar-refractivity contribution in [3.8, 4) is 0 Å². The van der Waals surface area contributed by atoms with Crippen LogP contribution in [0.25, 0.3) is 0 Å². The van der Waals surface area contributed by atoms with Gasteiger partial charge in [0.25, 0.3) is 5.69 Å². The van der Waals surface area contributed by atoms with Crippen LogP contribution in [0.1, 0.15) is 24.4 Å². The molecule has 112 valence electrons. The summed E-state index contributed by atoms with van der Waals surface area (Å²) < 4.78 is 38.5. The van der Waals surface area contributed by atoms with E-state index in [4.69, 9.17) is 0 Å². The van der Waals surface area contributed by atoms with Crippen LogP contribution in [0.3, 0.4) is 0 Å². The van der Waals surface area contributed by atoms with E-state index >= 15 is 0 Å². The lowest BCUT2D eigenvalue weighted by molar-refractivity contribution is -0.388. The Morgan fingerprint density at radius 1 is 1.43 bits per heavy atom. The highest BCUT2D eigenvalue weighted by Gasteiger charge is 2.38. The molecule has 1 unspecified atom stereocenters. The summed E-state index contributed by atoms with van der Waals surface area (Å²) in [5.74, 6) is 0.432. The van der Waals surface area contributed by atoms with Crippen LogP contribution in [-0.2, 0) is 6.18 Å². The highest BCUT2D eigenvalue weighted by atomic mass is 19.4. The SMILES string of the molecule is CC(Nc1ccc([N+](=O)[O-])c(C(F)(F)F)c1)c1ncn[nH]1. The van der Waals surface area contributed by atoms with Crippen molar-refractivity contribution < 1.29 is 18.1 Å². The molecule has 2 N–H and O–H groups in total. The van der Waals surface area contributed by atoms with Gasteiger partial charge < -0.3 is 5.32 Å². The van der Waals surface area contributed by atoms with Gasteiger partial charge in [-0.2, -0.15) is 18.3 Å². The Bertz CT molecular complexity index is 642. The Labute approximate surface area is 116 Å². The van der Waals surface area contributed by atoms with Crippen LogP contribution in [0.2, 0.25) is 0 Å². The Balaban J connectivity index is 2.32. The number of rotatable bonds is 4. The molecule has 0 aliphatic heterocycles. The first-order valence-electron chi connectivity index (χ1n) is 5.76. The maximum absolute atomic E-state index is 12.8. The Morgan fingerprint density at radius 2 is 2.14 bits per heavy atom. The zero-order valence-corrected chi connectivity index (χ0v) is 10.7. The summed E-state index contributed by atoms with van der Waals surface area (Å²) in [5.41, 5.74) is -2.19. The number of hydrogen-bond donors (Lipinski definition) is 2. The predicted octanol–water partition coefficient (Wildman–Crippen LogP) is 2.90. The summed E-state index contributed by atoms with van der Waals surface area (Å²) in [7, 11) is 0. The number of nitrogens with one attached hydrogen (secondary N) is 2. The second-order valence-electron chi connectivity index (χ2n) is 4.22. The topological polar surface area (TPSA) is 96.7 Å². The minimum atomic E-state index is -4.81. The maximum Gasteiger partial charge on any atom is 0.423 e. The molecule has 0 aliphatic rings. The first-order valence-corrected chi connectivity index (χ1v) is 5.76. The van der Waals surface area contributed by atoms with Crippen molar-refractivity contribution in [2.45, 2.75) is 19.1 Å². The van der Waals surface area contributed by atoms with Crippen molar-refractivity contribution in [2.75, 3.05) is 5.32 Å². The Kier molecular flexibility index (Phi) is 3.78. The van der Waals surface area contributed by atoms with Crippen LogP contribution in [0.4, 0.5) is 24.5 Å². The van der Waals surface area contributed by atoms with Gasteiger partial charge in [-0.25, -0.2) is 4.98 Å². The van der Waals surface area contributed by atoms with Gasteiger partial charge >= 0.3 is 6.18 Å². The normalized spacial score (nSPS) is 13.0. The number of nitro benzene ring substituents is 1. The van der Waals surface area contributed by atoms with Crippen LogP contribution in [-0.4, -0.2) is 20.1 Å². The second-order valence-corrected chi connectivity index (χ2v) is 4.22. The number of aromatic amines is 1. The van der Waals surface area contributed by atoms with E-state index in [1.165, 1.54) is 12.4 Å². The minimum absolute atomic E-state index is 0.0943. The van der Waals surface area contributed by atoms with Crippen molar-refractivity contribution in [3.63, 3.8) is 0 Å². The smallest absolute Gasteiger partial charge is 0.375 e. The van der Waals surface area contributed by atoms with Gasteiger partial charge in [0, 0.05) is 11.8 Å². The first-order chi connectivity index (χ1) is 9.79. The number of nitro groups is 1. The third-order valence-corrected chi connectivity index (χ3v) is 2.73. The van der Waals surface area contributed by atoms with Crippen molar-refractivity contribution >= 4 is 11.4 Å². The number of benzene rings is 1. The average molecular weight is 301 g/mol. The van der Waals surface area contributed by atoms with E-state index in [9.17, 15) is 23.3 Å². The molecule has 1 aromatic heterocycles. The van der Waals surface area contributed by atoms with E-state index in [1.807, 2.05) is 0 Å². The number of nitrogens with zero attached hydrogens (tertiary/aromatic N) is 3. The molecule has 0 saturated heterocycles. The number of anilines is 1. The van der Waals surface area contributed by atoms with Crippen molar-refractivity contribution in [1.82, 2.24) is 15.2 Å². The predicted molar refractivity (Wildman–Crippen MR) is 66.5 cm³/mol. The number of hydrogen-bond acceptors (Lipinski definition) is 5. The highest BCUT2D eigenvalue weighted by molar-refractivity contribution is 5.55. The van der Waals surface area contributed by atoms with Gasteiger partial charge in [-0.1, -0.05) is 0 Å². The molecule has 0 radical (unpaired) electrons. The number of aromatic nitrogens is 3. The molecule has 21 heavy (non-hydrogen) atoms. The molecule has 2 rings (SSSR count). The van der Waals surface area contributed by atoms with Gasteiger partial charge in [0.1, 0.15) is 17.7 Å². The molecule has 0 amide bonds. The largest absolute Gasteiger partial charge is 0.423 e. The quantitative estimate of drug-likeness (QED) is 0.668. The van der Waals surface area contributed by atoms with E-state index in [2.05, 4.69) is 20.5 Å². The van der Waals surface area contributed by atoms with E-state index in [-0.39, 0.29) is 5.69 Å². The molecule has 1 heterocycles. The van der Waals surface area contributed by atoms with Gasteiger partial charge in [0.2, 0.25) is 0 Å². The lowest BCUT2D eigenvalue weighted by Crippen LogP contribution is -2.12. The van der Waals surface area contributed by atoms with Gasteiger partial charge in [0.15, 0.2) is 0 Å². The van der Waals surface area contributed by atoms with Crippen LogP contribution in [0, 0.1) is 10.1 Å². The van der Waals surface area contributed by atoms with Crippen molar-refractivity contribution in [1.29, 1.82) is 0 Å². The maximum atomic E-state index is 12.8. The average Bonchev–Trinajstić information content (AvgIpc) is 2.91. The summed E-state index contributed by atoms with van der Waals surface area (Å²) in [4.78, 5) is 13.5. The Hall–Kier alpha value is -2.65. The molecule has 7 nitrogen and oxygen atoms in total. The monoisotopic (exact) mass is 301 g/mol. The third kappa shape index (κ3) is 3.27. The van der Waals surface area contributed by atoms with Crippen LogP contribution in [0.5, 0.6) is 0 Å². The van der Waals surface area contributed by atoms with Crippen LogP contribution < -0.4 is 5.32 Å². The number of halogens is 3. The molecule has 0 bridgehead atoms. The van der Waals surface area contributed by atoms with E-state index in [1.54, 1.807) is 6.92 Å². The summed E-state index contributed by atoms with van der Waals surface area (Å²) in [6, 6.07) is 2.29. The minimum Gasteiger partial charge on any atom is -0.375 e.